The average molecular weight is 530 g/mol. The number of alkyl halides is 6. The van der Waals surface area contributed by atoms with E-state index in [0.717, 1.165) is 18.2 Å². The SMILES string of the molecule is CCC(OC(=O)COc1ccccc1F)(c1ccccc1)c1ccc(OC(F)(F)C(F)C(F)(F)F)cc1. The molecule has 198 valence electrons. The maximum absolute atomic E-state index is 13.8. The molecular formula is C26H21F7O4. The van der Waals surface area contributed by atoms with Crippen LogP contribution in [0.5, 0.6) is 11.5 Å². The molecule has 0 aliphatic rings. The number of hydrogen-bond acceptors (Lipinski definition) is 4. The van der Waals surface area contributed by atoms with E-state index in [1.54, 1.807) is 37.3 Å². The van der Waals surface area contributed by atoms with Crippen molar-refractivity contribution in [1.82, 2.24) is 0 Å². The molecule has 0 amide bonds. The maximum atomic E-state index is 13.8. The molecule has 0 N–H and O–H groups in total. The number of ether oxygens (including phenoxy) is 3. The lowest BCUT2D eigenvalue weighted by Gasteiger charge is -2.34. The molecule has 0 aromatic heterocycles. The first-order valence-corrected chi connectivity index (χ1v) is 10.9. The number of para-hydroxylation sites is 1. The van der Waals surface area contributed by atoms with Gasteiger partial charge in [-0.25, -0.2) is 13.6 Å². The van der Waals surface area contributed by atoms with Gasteiger partial charge in [-0.3, -0.25) is 0 Å². The fraction of sp³-hybridized carbons (Fsp3) is 0.269. The van der Waals surface area contributed by atoms with Crippen molar-refractivity contribution in [2.24, 2.45) is 0 Å². The van der Waals surface area contributed by atoms with E-state index in [4.69, 9.17) is 9.47 Å². The molecule has 4 nitrogen and oxygen atoms in total. The molecular weight excluding hydrogens is 509 g/mol. The van der Waals surface area contributed by atoms with E-state index in [2.05, 4.69) is 4.74 Å². The number of hydrogen-bond donors (Lipinski definition) is 0. The van der Waals surface area contributed by atoms with E-state index in [1.807, 2.05) is 0 Å². The second-order valence-electron chi connectivity index (χ2n) is 7.83. The number of benzene rings is 3. The molecule has 0 heterocycles. The Morgan fingerprint density at radius 2 is 1.41 bits per heavy atom. The highest BCUT2D eigenvalue weighted by Crippen LogP contribution is 2.40. The van der Waals surface area contributed by atoms with Crippen LogP contribution in [-0.4, -0.2) is 31.0 Å². The Labute approximate surface area is 207 Å². The first-order valence-electron chi connectivity index (χ1n) is 10.9. The number of carbonyl (C=O) groups excluding carboxylic acids is 1. The minimum absolute atomic E-state index is 0.138. The van der Waals surface area contributed by atoms with Gasteiger partial charge in [-0.05, 0) is 30.7 Å². The Balaban J connectivity index is 1.87. The zero-order valence-electron chi connectivity index (χ0n) is 19.3. The highest BCUT2D eigenvalue weighted by Gasteiger charge is 2.59. The highest BCUT2D eigenvalue weighted by molar-refractivity contribution is 5.72. The summed E-state index contributed by atoms with van der Waals surface area (Å²) in [4.78, 5) is 12.7. The third-order valence-corrected chi connectivity index (χ3v) is 5.37. The van der Waals surface area contributed by atoms with Crippen molar-refractivity contribution >= 4 is 5.97 Å². The summed E-state index contributed by atoms with van der Waals surface area (Å²) >= 11 is 0. The van der Waals surface area contributed by atoms with Gasteiger partial charge in [-0.2, -0.15) is 22.0 Å². The van der Waals surface area contributed by atoms with Crippen LogP contribution in [-0.2, 0) is 15.1 Å². The molecule has 0 radical (unpaired) electrons. The lowest BCUT2D eigenvalue weighted by Crippen LogP contribution is -2.45. The predicted molar refractivity (Wildman–Crippen MR) is 118 cm³/mol. The third-order valence-electron chi connectivity index (χ3n) is 5.37. The van der Waals surface area contributed by atoms with Gasteiger partial charge in [0.15, 0.2) is 23.8 Å². The van der Waals surface area contributed by atoms with Gasteiger partial charge < -0.3 is 14.2 Å². The van der Waals surface area contributed by atoms with Gasteiger partial charge in [0, 0.05) is 11.1 Å². The minimum Gasteiger partial charge on any atom is -0.479 e. The van der Waals surface area contributed by atoms with Gasteiger partial charge >= 0.3 is 18.3 Å². The van der Waals surface area contributed by atoms with Crippen LogP contribution in [0, 0.1) is 5.82 Å². The Hall–Kier alpha value is -3.76. The van der Waals surface area contributed by atoms with Crippen LogP contribution in [0.15, 0.2) is 78.9 Å². The number of rotatable bonds is 10. The van der Waals surface area contributed by atoms with E-state index < -0.39 is 48.2 Å². The summed E-state index contributed by atoms with van der Waals surface area (Å²) in [6, 6.07) is 18.0. The molecule has 3 aromatic carbocycles. The van der Waals surface area contributed by atoms with Crippen molar-refractivity contribution in [2.75, 3.05) is 6.61 Å². The largest absolute Gasteiger partial charge is 0.479 e. The lowest BCUT2D eigenvalue weighted by molar-refractivity contribution is -0.304. The maximum Gasteiger partial charge on any atom is 0.439 e. The number of carbonyl (C=O) groups is 1. The molecule has 3 rings (SSSR count). The van der Waals surface area contributed by atoms with E-state index >= 15 is 0 Å². The van der Waals surface area contributed by atoms with Crippen LogP contribution in [0.4, 0.5) is 30.7 Å². The zero-order chi connectivity index (χ0) is 27.3. The third kappa shape index (κ3) is 6.52. The standard InChI is InChI=1S/C26H21F7O4/c1-2-24(17-8-4-3-5-9-17,37-22(34)16-35-21-11-7-6-10-20(21)27)18-12-14-19(15-13-18)36-26(32,33)23(28)25(29,30)31/h3-15,23H,2,16H2,1H3. The predicted octanol–water partition coefficient (Wildman–Crippen LogP) is 6.97. The van der Waals surface area contributed by atoms with Crippen molar-refractivity contribution in [3.8, 4) is 11.5 Å². The van der Waals surface area contributed by atoms with Crippen LogP contribution < -0.4 is 9.47 Å². The fourth-order valence-electron chi connectivity index (χ4n) is 3.59. The molecule has 0 saturated heterocycles. The van der Waals surface area contributed by atoms with Gasteiger partial charge in [-0.1, -0.05) is 61.5 Å². The first kappa shape index (κ1) is 27.8. The van der Waals surface area contributed by atoms with Crippen molar-refractivity contribution < 1.29 is 49.7 Å². The monoisotopic (exact) mass is 530 g/mol. The quantitative estimate of drug-likeness (QED) is 0.210. The van der Waals surface area contributed by atoms with Crippen molar-refractivity contribution in [2.45, 2.75) is 37.4 Å². The van der Waals surface area contributed by atoms with Gasteiger partial charge in [-0.15, -0.1) is 0 Å². The molecule has 2 atom stereocenters. The average Bonchev–Trinajstić information content (AvgIpc) is 2.86. The van der Waals surface area contributed by atoms with Crippen LogP contribution in [0.1, 0.15) is 24.5 Å². The van der Waals surface area contributed by atoms with Crippen LogP contribution in [0.25, 0.3) is 0 Å². The van der Waals surface area contributed by atoms with Crippen molar-refractivity contribution in [1.29, 1.82) is 0 Å². The fourth-order valence-corrected chi connectivity index (χ4v) is 3.59. The van der Waals surface area contributed by atoms with Crippen molar-refractivity contribution in [3.05, 3.63) is 95.8 Å². The van der Waals surface area contributed by atoms with Crippen LogP contribution in [0.3, 0.4) is 0 Å². The molecule has 37 heavy (non-hydrogen) atoms. The Kier molecular flexibility index (Phi) is 8.35. The van der Waals surface area contributed by atoms with Gasteiger partial charge in [0.2, 0.25) is 0 Å². The van der Waals surface area contributed by atoms with Crippen LogP contribution >= 0.6 is 0 Å². The Morgan fingerprint density at radius 1 is 0.838 bits per heavy atom. The van der Waals surface area contributed by atoms with Gasteiger partial charge in [0.25, 0.3) is 6.17 Å². The summed E-state index contributed by atoms with van der Waals surface area (Å²) in [5.41, 5.74) is -0.743. The summed E-state index contributed by atoms with van der Waals surface area (Å²) in [7, 11) is 0. The van der Waals surface area contributed by atoms with E-state index in [9.17, 15) is 35.5 Å². The first-order chi connectivity index (χ1) is 17.4. The normalized spacial score (nSPS) is 14.4. The molecule has 0 saturated carbocycles. The van der Waals surface area contributed by atoms with Crippen molar-refractivity contribution in [3.63, 3.8) is 0 Å². The van der Waals surface area contributed by atoms with E-state index in [1.165, 1.54) is 30.3 Å². The molecule has 11 heteroatoms. The summed E-state index contributed by atoms with van der Waals surface area (Å²) in [6.07, 6.45) is -15.4. The van der Waals surface area contributed by atoms with Gasteiger partial charge in [0.1, 0.15) is 5.75 Å². The summed E-state index contributed by atoms with van der Waals surface area (Å²) in [5.74, 6) is -2.48. The Bertz CT molecular complexity index is 1180. The molecule has 0 aliphatic heterocycles. The molecule has 0 spiro atoms. The van der Waals surface area contributed by atoms with Gasteiger partial charge in [0.05, 0.1) is 0 Å². The lowest BCUT2D eigenvalue weighted by atomic mass is 9.83. The summed E-state index contributed by atoms with van der Waals surface area (Å²) in [5, 5.41) is 0. The number of halogens is 7. The molecule has 2 unspecified atom stereocenters. The molecule has 0 aliphatic carbocycles. The van der Waals surface area contributed by atoms with E-state index in [0.29, 0.717) is 5.56 Å². The molecule has 0 fully saturated rings. The zero-order valence-corrected chi connectivity index (χ0v) is 19.3. The smallest absolute Gasteiger partial charge is 0.439 e. The Morgan fingerprint density at radius 3 is 1.97 bits per heavy atom. The molecule has 3 aromatic rings. The summed E-state index contributed by atoms with van der Waals surface area (Å²) < 4.78 is 106. The van der Waals surface area contributed by atoms with Crippen LogP contribution in [0.2, 0.25) is 0 Å². The summed E-state index contributed by atoms with van der Waals surface area (Å²) in [6.45, 7) is 1.02. The minimum atomic E-state index is -5.83. The van der Waals surface area contributed by atoms with E-state index in [-0.39, 0.29) is 17.7 Å². The topological polar surface area (TPSA) is 44.8 Å². The molecule has 0 bridgehead atoms. The highest BCUT2D eigenvalue weighted by atomic mass is 19.4. The second-order valence-corrected chi connectivity index (χ2v) is 7.83. The second kappa shape index (κ2) is 11.1. The number of esters is 1.